The average Bonchev–Trinajstić information content (AvgIpc) is 3.23. The van der Waals surface area contributed by atoms with E-state index in [1.807, 2.05) is 17.5 Å². The molecule has 0 atom stereocenters. The van der Waals surface area contributed by atoms with Crippen LogP contribution in [-0.2, 0) is 16.6 Å². The van der Waals surface area contributed by atoms with Crippen molar-refractivity contribution in [3.8, 4) is 5.75 Å². The molecule has 1 aromatic heterocycles. The number of hydrogen-bond acceptors (Lipinski definition) is 5. The Balaban J connectivity index is 1.65. The summed E-state index contributed by atoms with van der Waals surface area (Å²) in [6.45, 7) is 2.82. The van der Waals surface area contributed by atoms with Crippen molar-refractivity contribution in [2.24, 2.45) is 0 Å². The summed E-state index contributed by atoms with van der Waals surface area (Å²) in [6.07, 6.45) is 0. The first-order chi connectivity index (χ1) is 14.4. The third-order valence-corrected chi connectivity index (χ3v) is 6.91. The lowest BCUT2D eigenvalue weighted by atomic mass is 10.3. The molecule has 0 aliphatic heterocycles. The smallest absolute Gasteiger partial charge is 0.265 e. The lowest BCUT2D eigenvalue weighted by Crippen LogP contribution is -2.27. The van der Waals surface area contributed by atoms with Crippen LogP contribution in [0.4, 0.5) is 11.4 Å². The van der Waals surface area contributed by atoms with E-state index in [0.29, 0.717) is 34.2 Å². The molecule has 1 heterocycles. The number of hydrogen-bond donors (Lipinski definition) is 3. The Morgan fingerprint density at radius 2 is 1.87 bits per heavy atom. The first-order valence-electron chi connectivity index (χ1n) is 9.00. The van der Waals surface area contributed by atoms with Gasteiger partial charge in [-0.2, -0.15) is 0 Å². The molecule has 0 saturated heterocycles. The molecule has 0 radical (unpaired) electrons. The molecule has 0 fully saturated rings. The van der Waals surface area contributed by atoms with E-state index in [-0.39, 0.29) is 4.90 Å². The molecule has 3 aromatic rings. The largest absolute Gasteiger partial charge is 0.492 e. The number of nitrogens with one attached hydrogen (secondary N) is 3. The number of thiocarbonyl (C=S) groups is 1. The van der Waals surface area contributed by atoms with Gasteiger partial charge in [0.05, 0.1) is 13.2 Å². The van der Waals surface area contributed by atoms with Crippen molar-refractivity contribution in [2.45, 2.75) is 18.4 Å². The third-order valence-electron chi connectivity index (χ3n) is 3.89. The minimum atomic E-state index is -3.82. The third kappa shape index (κ3) is 6.18. The van der Waals surface area contributed by atoms with Gasteiger partial charge in [-0.3, -0.25) is 4.72 Å². The SMILES string of the molecule is CCOc1ccc(Br)cc1S(=O)(=O)Nc1ccc(NC(=S)NCc2cccs2)cc1. The molecule has 0 amide bonds. The quantitative estimate of drug-likeness (QED) is 0.351. The van der Waals surface area contributed by atoms with Crippen LogP contribution in [0.15, 0.2) is 69.3 Å². The van der Waals surface area contributed by atoms with E-state index in [0.717, 1.165) is 5.69 Å². The van der Waals surface area contributed by atoms with E-state index in [2.05, 4.69) is 31.3 Å². The monoisotopic (exact) mass is 525 g/mol. The Labute approximate surface area is 193 Å². The highest BCUT2D eigenvalue weighted by Crippen LogP contribution is 2.29. The van der Waals surface area contributed by atoms with Gasteiger partial charge in [-0.05, 0) is 73.1 Å². The molecule has 0 aliphatic rings. The predicted octanol–water partition coefficient (Wildman–Crippen LogP) is 5.20. The van der Waals surface area contributed by atoms with Gasteiger partial charge in [0.2, 0.25) is 0 Å². The second-order valence-corrected chi connectivity index (χ2v) is 10.1. The van der Waals surface area contributed by atoms with Gasteiger partial charge in [0.1, 0.15) is 10.6 Å². The van der Waals surface area contributed by atoms with E-state index in [1.165, 1.54) is 10.9 Å². The minimum absolute atomic E-state index is 0.0693. The van der Waals surface area contributed by atoms with Gasteiger partial charge in [-0.1, -0.05) is 22.0 Å². The van der Waals surface area contributed by atoms with E-state index < -0.39 is 10.0 Å². The van der Waals surface area contributed by atoms with Crippen LogP contribution < -0.4 is 20.1 Å². The molecule has 6 nitrogen and oxygen atoms in total. The second-order valence-electron chi connectivity index (χ2n) is 6.09. The lowest BCUT2D eigenvalue weighted by molar-refractivity contribution is 0.331. The Morgan fingerprint density at radius 1 is 1.13 bits per heavy atom. The topological polar surface area (TPSA) is 79.5 Å². The molecule has 0 unspecified atom stereocenters. The molecule has 0 saturated carbocycles. The van der Waals surface area contributed by atoms with E-state index in [9.17, 15) is 8.42 Å². The van der Waals surface area contributed by atoms with Gasteiger partial charge in [0, 0.05) is 20.7 Å². The van der Waals surface area contributed by atoms with Crippen molar-refractivity contribution in [2.75, 3.05) is 16.6 Å². The van der Waals surface area contributed by atoms with E-state index in [1.54, 1.807) is 54.7 Å². The summed E-state index contributed by atoms with van der Waals surface area (Å²) in [4.78, 5) is 1.25. The molecule has 2 aromatic carbocycles. The summed E-state index contributed by atoms with van der Waals surface area (Å²) < 4.78 is 34.4. The number of ether oxygens (including phenoxy) is 1. The number of halogens is 1. The van der Waals surface area contributed by atoms with Crippen LogP contribution in [-0.4, -0.2) is 20.1 Å². The number of benzene rings is 2. The number of rotatable bonds is 8. The van der Waals surface area contributed by atoms with Crippen molar-refractivity contribution in [3.63, 3.8) is 0 Å². The van der Waals surface area contributed by atoms with Crippen molar-refractivity contribution >= 4 is 66.0 Å². The molecule has 3 N–H and O–H groups in total. The molecule has 158 valence electrons. The molecule has 0 spiro atoms. The minimum Gasteiger partial charge on any atom is -0.492 e. The maximum atomic E-state index is 12.9. The van der Waals surface area contributed by atoms with Gasteiger partial charge < -0.3 is 15.4 Å². The predicted molar refractivity (Wildman–Crippen MR) is 130 cm³/mol. The zero-order valence-electron chi connectivity index (χ0n) is 16.0. The molecule has 10 heteroatoms. The second kappa shape index (κ2) is 10.3. The van der Waals surface area contributed by atoms with Crippen LogP contribution >= 0.6 is 39.5 Å². The Bertz CT molecular complexity index is 1100. The van der Waals surface area contributed by atoms with Crippen LogP contribution in [0, 0.1) is 0 Å². The lowest BCUT2D eigenvalue weighted by Gasteiger charge is -2.14. The summed E-state index contributed by atoms with van der Waals surface area (Å²) in [5.41, 5.74) is 1.18. The van der Waals surface area contributed by atoms with Crippen molar-refractivity contribution in [3.05, 3.63) is 69.3 Å². The van der Waals surface area contributed by atoms with E-state index >= 15 is 0 Å². The molecular formula is C20H20BrN3O3S3. The van der Waals surface area contributed by atoms with Gasteiger partial charge in [0.25, 0.3) is 10.0 Å². The standard InChI is InChI=1S/C20H20BrN3O3S3/c1-2-27-18-10-5-14(21)12-19(18)30(25,26)24-16-8-6-15(7-9-16)23-20(28)22-13-17-4-3-11-29-17/h3-12,24H,2,13H2,1H3,(H2,22,23,28). The summed E-state index contributed by atoms with van der Waals surface area (Å²) in [6, 6.07) is 15.7. The zero-order valence-corrected chi connectivity index (χ0v) is 20.1. The highest BCUT2D eigenvalue weighted by Gasteiger charge is 2.20. The summed E-state index contributed by atoms with van der Waals surface area (Å²) >= 11 is 10.3. The Kier molecular flexibility index (Phi) is 7.70. The number of anilines is 2. The van der Waals surface area contributed by atoms with Crippen LogP contribution in [0.3, 0.4) is 0 Å². The fourth-order valence-corrected chi connectivity index (χ4v) is 5.13. The maximum absolute atomic E-state index is 12.9. The van der Waals surface area contributed by atoms with Crippen LogP contribution in [0.1, 0.15) is 11.8 Å². The summed E-state index contributed by atoms with van der Waals surface area (Å²) in [5.74, 6) is 0.300. The highest BCUT2D eigenvalue weighted by atomic mass is 79.9. The Morgan fingerprint density at radius 3 is 2.53 bits per heavy atom. The van der Waals surface area contributed by atoms with Gasteiger partial charge >= 0.3 is 0 Å². The molecule has 0 aliphatic carbocycles. The fourth-order valence-electron chi connectivity index (χ4n) is 2.55. The molecule has 3 rings (SSSR count). The average molecular weight is 527 g/mol. The van der Waals surface area contributed by atoms with Gasteiger partial charge in [0.15, 0.2) is 5.11 Å². The van der Waals surface area contributed by atoms with E-state index in [4.69, 9.17) is 17.0 Å². The first-order valence-corrected chi connectivity index (χ1v) is 12.6. The summed E-state index contributed by atoms with van der Waals surface area (Å²) in [5, 5.41) is 8.72. The fraction of sp³-hybridized carbons (Fsp3) is 0.150. The van der Waals surface area contributed by atoms with Crippen LogP contribution in [0.2, 0.25) is 0 Å². The number of sulfonamides is 1. The van der Waals surface area contributed by atoms with Gasteiger partial charge in [-0.25, -0.2) is 8.42 Å². The zero-order chi connectivity index (χ0) is 21.6. The molecule has 30 heavy (non-hydrogen) atoms. The van der Waals surface area contributed by atoms with Gasteiger partial charge in [-0.15, -0.1) is 11.3 Å². The van der Waals surface area contributed by atoms with Crippen LogP contribution in [0.25, 0.3) is 0 Å². The molecule has 0 bridgehead atoms. The normalized spacial score (nSPS) is 11.0. The van der Waals surface area contributed by atoms with Crippen LogP contribution in [0.5, 0.6) is 5.75 Å². The highest BCUT2D eigenvalue weighted by molar-refractivity contribution is 9.10. The number of thiophene rings is 1. The first kappa shape index (κ1) is 22.5. The van der Waals surface area contributed by atoms with Crippen molar-refractivity contribution in [1.82, 2.24) is 5.32 Å². The van der Waals surface area contributed by atoms with Crippen molar-refractivity contribution < 1.29 is 13.2 Å². The molecular weight excluding hydrogens is 506 g/mol. The summed E-state index contributed by atoms with van der Waals surface area (Å²) in [7, 11) is -3.82. The van der Waals surface area contributed by atoms with Crippen molar-refractivity contribution in [1.29, 1.82) is 0 Å². The Hall–Kier alpha value is -2.14. The maximum Gasteiger partial charge on any atom is 0.265 e.